The Hall–Kier alpha value is -2.69. The molecule has 1 aliphatic carbocycles. The predicted octanol–water partition coefficient (Wildman–Crippen LogP) is 7.06. The maximum atomic E-state index is 12.6. The van der Waals surface area contributed by atoms with Crippen LogP contribution >= 0.6 is 23.2 Å². The Labute approximate surface area is 191 Å². The van der Waals surface area contributed by atoms with Crippen molar-refractivity contribution in [2.75, 3.05) is 5.32 Å². The van der Waals surface area contributed by atoms with Crippen molar-refractivity contribution in [2.45, 2.75) is 37.7 Å². The third kappa shape index (κ3) is 5.15. The van der Waals surface area contributed by atoms with E-state index in [9.17, 15) is 9.90 Å². The first-order valence-electron chi connectivity index (χ1n) is 10.3. The van der Waals surface area contributed by atoms with E-state index in [0.717, 1.165) is 19.3 Å². The average Bonchev–Trinajstić information content (AvgIpc) is 2.78. The second-order valence-corrected chi connectivity index (χ2v) is 8.56. The number of anilines is 1. The number of hydrogen-bond donors (Lipinski definition) is 2. The van der Waals surface area contributed by atoms with E-state index >= 15 is 0 Å². The summed E-state index contributed by atoms with van der Waals surface area (Å²) in [5.41, 5.74) is 1.77. The van der Waals surface area contributed by atoms with Crippen molar-refractivity contribution in [1.82, 2.24) is 0 Å². The Morgan fingerprint density at radius 2 is 1.74 bits per heavy atom. The molecular weight excluding hydrogens is 433 g/mol. The highest BCUT2D eigenvalue weighted by molar-refractivity contribution is 6.34. The topological polar surface area (TPSA) is 58.6 Å². The standard InChI is InChI=1S/C25H23Cl2NO3/c26-17-10-13-23(29)20(14-17)25(30)28-22-15-18(11-12-21(22)27)31-24-9-5-4-8-19(24)16-6-2-1-3-7-16/h1-3,6-7,10-15,19,24,29H,4-5,8-9H2,(H,28,30)/t19-,24+/m1/s1. The minimum Gasteiger partial charge on any atom is -0.507 e. The van der Waals surface area contributed by atoms with Crippen molar-refractivity contribution < 1.29 is 14.6 Å². The monoisotopic (exact) mass is 455 g/mol. The van der Waals surface area contributed by atoms with Gasteiger partial charge in [-0.3, -0.25) is 4.79 Å². The van der Waals surface area contributed by atoms with Crippen molar-refractivity contribution in [1.29, 1.82) is 0 Å². The number of rotatable bonds is 5. The quantitative estimate of drug-likeness (QED) is 0.432. The molecule has 4 rings (SSSR count). The van der Waals surface area contributed by atoms with Gasteiger partial charge in [0, 0.05) is 17.0 Å². The average molecular weight is 456 g/mol. The molecule has 0 spiro atoms. The minimum atomic E-state index is -0.501. The van der Waals surface area contributed by atoms with E-state index in [2.05, 4.69) is 29.6 Å². The van der Waals surface area contributed by atoms with Gasteiger partial charge in [0.2, 0.25) is 0 Å². The second kappa shape index (κ2) is 9.63. The van der Waals surface area contributed by atoms with Gasteiger partial charge in [0.1, 0.15) is 17.6 Å². The molecule has 1 aliphatic rings. The number of phenolic OH excluding ortho intramolecular Hbond substituents is 1. The van der Waals surface area contributed by atoms with Crippen LogP contribution in [0.3, 0.4) is 0 Å². The molecule has 1 saturated carbocycles. The van der Waals surface area contributed by atoms with Crippen LogP contribution < -0.4 is 10.1 Å². The van der Waals surface area contributed by atoms with E-state index in [1.165, 1.54) is 30.2 Å². The lowest BCUT2D eigenvalue weighted by atomic mass is 9.81. The van der Waals surface area contributed by atoms with Gasteiger partial charge >= 0.3 is 0 Å². The Morgan fingerprint density at radius 3 is 2.55 bits per heavy atom. The summed E-state index contributed by atoms with van der Waals surface area (Å²) in [6, 6.07) is 20.0. The van der Waals surface area contributed by atoms with Crippen LogP contribution in [0.25, 0.3) is 0 Å². The molecule has 0 unspecified atom stereocenters. The highest BCUT2D eigenvalue weighted by Crippen LogP contribution is 2.37. The van der Waals surface area contributed by atoms with E-state index < -0.39 is 5.91 Å². The molecule has 31 heavy (non-hydrogen) atoms. The molecule has 4 nitrogen and oxygen atoms in total. The zero-order valence-corrected chi connectivity index (χ0v) is 18.4. The Morgan fingerprint density at radius 1 is 0.968 bits per heavy atom. The summed E-state index contributed by atoms with van der Waals surface area (Å²) in [5, 5.41) is 13.5. The van der Waals surface area contributed by atoms with Gasteiger partial charge in [0.25, 0.3) is 5.91 Å². The third-order valence-corrected chi connectivity index (χ3v) is 6.17. The first-order valence-corrected chi connectivity index (χ1v) is 11.1. The number of carbonyl (C=O) groups excluding carboxylic acids is 1. The van der Waals surface area contributed by atoms with Gasteiger partial charge in [0.15, 0.2) is 0 Å². The van der Waals surface area contributed by atoms with E-state index in [4.69, 9.17) is 27.9 Å². The van der Waals surface area contributed by atoms with E-state index in [0.29, 0.717) is 27.4 Å². The van der Waals surface area contributed by atoms with Crippen molar-refractivity contribution >= 4 is 34.8 Å². The molecule has 3 aromatic rings. The molecule has 0 radical (unpaired) electrons. The summed E-state index contributed by atoms with van der Waals surface area (Å²) < 4.78 is 6.37. The lowest BCUT2D eigenvalue weighted by Crippen LogP contribution is -2.28. The van der Waals surface area contributed by atoms with Crippen molar-refractivity contribution in [2.24, 2.45) is 0 Å². The zero-order valence-electron chi connectivity index (χ0n) is 16.9. The van der Waals surface area contributed by atoms with Crippen LogP contribution in [0.2, 0.25) is 10.0 Å². The molecule has 0 bridgehead atoms. The third-order valence-electron chi connectivity index (χ3n) is 5.61. The number of nitrogens with one attached hydrogen (secondary N) is 1. The number of halogens is 2. The number of phenols is 1. The zero-order chi connectivity index (χ0) is 21.8. The largest absolute Gasteiger partial charge is 0.507 e. The molecule has 6 heteroatoms. The lowest BCUT2D eigenvalue weighted by Gasteiger charge is -2.32. The number of hydrogen-bond acceptors (Lipinski definition) is 3. The van der Waals surface area contributed by atoms with E-state index in [1.807, 2.05) is 12.1 Å². The molecule has 0 aliphatic heterocycles. The molecule has 0 aromatic heterocycles. The van der Waals surface area contributed by atoms with Crippen LogP contribution in [0.5, 0.6) is 11.5 Å². The van der Waals surface area contributed by atoms with Crippen LogP contribution in [-0.4, -0.2) is 17.1 Å². The van der Waals surface area contributed by atoms with Crippen LogP contribution in [0.4, 0.5) is 5.69 Å². The van der Waals surface area contributed by atoms with Gasteiger partial charge in [0.05, 0.1) is 16.3 Å². The van der Waals surface area contributed by atoms with Gasteiger partial charge in [-0.15, -0.1) is 0 Å². The van der Waals surface area contributed by atoms with Crippen LogP contribution in [0, 0.1) is 0 Å². The van der Waals surface area contributed by atoms with E-state index in [-0.39, 0.29) is 17.4 Å². The molecule has 0 heterocycles. The number of aromatic hydroxyl groups is 1. The maximum Gasteiger partial charge on any atom is 0.259 e. The van der Waals surface area contributed by atoms with Crippen LogP contribution in [0.15, 0.2) is 66.7 Å². The molecule has 160 valence electrons. The Bertz CT molecular complexity index is 1070. The fraction of sp³-hybridized carbons (Fsp3) is 0.240. The first-order chi connectivity index (χ1) is 15.0. The van der Waals surface area contributed by atoms with Gasteiger partial charge in [-0.1, -0.05) is 60.0 Å². The molecule has 1 fully saturated rings. The number of carbonyl (C=O) groups is 1. The fourth-order valence-electron chi connectivity index (χ4n) is 4.05. The van der Waals surface area contributed by atoms with Crippen LogP contribution in [0.1, 0.15) is 47.5 Å². The Balaban J connectivity index is 1.53. The normalized spacial score (nSPS) is 18.4. The van der Waals surface area contributed by atoms with Crippen molar-refractivity contribution in [3.63, 3.8) is 0 Å². The summed E-state index contributed by atoms with van der Waals surface area (Å²) in [6.45, 7) is 0. The molecule has 2 atom stereocenters. The molecule has 1 amide bonds. The number of ether oxygens (including phenoxy) is 1. The Kier molecular flexibility index (Phi) is 6.69. The summed E-state index contributed by atoms with van der Waals surface area (Å²) >= 11 is 12.3. The van der Waals surface area contributed by atoms with Gasteiger partial charge in [-0.25, -0.2) is 0 Å². The lowest BCUT2D eigenvalue weighted by molar-refractivity contribution is 0.102. The molecular formula is C25H23Cl2NO3. The van der Waals surface area contributed by atoms with Gasteiger partial charge in [-0.2, -0.15) is 0 Å². The predicted molar refractivity (Wildman–Crippen MR) is 125 cm³/mol. The number of amides is 1. The first kappa shape index (κ1) is 21.5. The molecule has 2 N–H and O–H groups in total. The minimum absolute atomic E-state index is 0.0536. The fourth-order valence-corrected chi connectivity index (χ4v) is 4.38. The van der Waals surface area contributed by atoms with Gasteiger partial charge < -0.3 is 15.2 Å². The summed E-state index contributed by atoms with van der Waals surface area (Å²) in [5.74, 6) is 0.312. The summed E-state index contributed by atoms with van der Waals surface area (Å²) in [7, 11) is 0. The van der Waals surface area contributed by atoms with Gasteiger partial charge in [-0.05, 0) is 55.2 Å². The summed E-state index contributed by atoms with van der Waals surface area (Å²) in [4.78, 5) is 12.6. The van der Waals surface area contributed by atoms with Crippen molar-refractivity contribution in [3.05, 3.63) is 87.9 Å². The SMILES string of the molecule is O=C(Nc1cc(O[C@H]2CCCC[C@@H]2c2ccccc2)ccc1Cl)c1cc(Cl)ccc1O. The highest BCUT2D eigenvalue weighted by atomic mass is 35.5. The highest BCUT2D eigenvalue weighted by Gasteiger charge is 2.28. The summed E-state index contributed by atoms with van der Waals surface area (Å²) in [6.07, 6.45) is 4.42. The smallest absolute Gasteiger partial charge is 0.259 e. The maximum absolute atomic E-state index is 12.6. The number of benzene rings is 3. The van der Waals surface area contributed by atoms with Crippen molar-refractivity contribution in [3.8, 4) is 11.5 Å². The molecule has 3 aromatic carbocycles. The van der Waals surface area contributed by atoms with Crippen LogP contribution in [-0.2, 0) is 0 Å². The molecule has 0 saturated heterocycles. The second-order valence-electron chi connectivity index (χ2n) is 7.72. The van der Waals surface area contributed by atoms with E-state index in [1.54, 1.807) is 12.1 Å².